The molecule has 3 aromatic carbocycles. The topological polar surface area (TPSA) is 122 Å². The molecule has 4 rings (SSSR count). The average molecular weight is 570 g/mol. The fourth-order valence-electron chi connectivity index (χ4n) is 4.32. The SMILES string of the molecule is NC(=O)CC(NC(=O)c1ccc(Br)cc1)c1ccc(N2CCN(c3ccc(F)cc3)CC2)c([N+](=O)[O-])c1. The second kappa shape index (κ2) is 11.4. The van der Waals surface area contributed by atoms with E-state index in [-0.39, 0.29) is 17.9 Å². The third kappa shape index (κ3) is 6.42. The number of amides is 2. The number of primary amides is 1. The lowest BCUT2D eigenvalue weighted by Crippen LogP contribution is -2.46. The number of rotatable bonds is 8. The molecule has 3 aromatic rings. The molecular weight excluding hydrogens is 545 g/mol. The number of anilines is 2. The smallest absolute Gasteiger partial charge is 0.292 e. The first-order valence-electron chi connectivity index (χ1n) is 11.6. The van der Waals surface area contributed by atoms with Crippen LogP contribution in [-0.2, 0) is 4.79 Å². The summed E-state index contributed by atoms with van der Waals surface area (Å²) in [4.78, 5) is 40.1. The molecule has 11 heteroatoms. The van der Waals surface area contributed by atoms with Crippen LogP contribution in [0, 0.1) is 15.9 Å². The molecule has 0 saturated carbocycles. The maximum absolute atomic E-state index is 13.2. The zero-order chi connectivity index (χ0) is 26.5. The van der Waals surface area contributed by atoms with Crippen LogP contribution in [0.5, 0.6) is 0 Å². The van der Waals surface area contributed by atoms with Gasteiger partial charge >= 0.3 is 0 Å². The van der Waals surface area contributed by atoms with E-state index >= 15 is 0 Å². The summed E-state index contributed by atoms with van der Waals surface area (Å²) in [6.45, 7) is 2.28. The van der Waals surface area contributed by atoms with Gasteiger partial charge in [0.15, 0.2) is 0 Å². The van der Waals surface area contributed by atoms with E-state index in [4.69, 9.17) is 5.73 Å². The molecule has 0 aliphatic carbocycles. The molecule has 192 valence electrons. The van der Waals surface area contributed by atoms with E-state index in [2.05, 4.69) is 26.1 Å². The monoisotopic (exact) mass is 569 g/mol. The highest BCUT2D eigenvalue weighted by atomic mass is 79.9. The lowest BCUT2D eigenvalue weighted by molar-refractivity contribution is -0.384. The summed E-state index contributed by atoms with van der Waals surface area (Å²) in [7, 11) is 0. The highest BCUT2D eigenvalue weighted by Gasteiger charge is 2.27. The minimum atomic E-state index is -0.836. The Balaban J connectivity index is 1.54. The molecule has 1 unspecified atom stereocenters. The maximum atomic E-state index is 13.2. The van der Waals surface area contributed by atoms with Crippen LogP contribution in [0.2, 0.25) is 0 Å². The lowest BCUT2D eigenvalue weighted by Gasteiger charge is -2.37. The molecule has 1 aliphatic heterocycles. The number of hydrogen-bond acceptors (Lipinski definition) is 6. The van der Waals surface area contributed by atoms with Gasteiger partial charge in [-0.1, -0.05) is 22.0 Å². The molecule has 1 aliphatic rings. The minimum absolute atomic E-state index is 0.125. The Labute approximate surface area is 221 Å². The van der Waals surface area contributed by atoms with Crippen molar-refractivity contribution in [2.45, 2.75) is 12.5 Å². The van der Waals surface area contributed by atoms with E-state index in [1.54, 1.807) is 48.5 Å². The molecule has 0 radical (unpaired) electrons. The Morgan fingerprint density at radius 3 is 2.22 bits per heavy atom. The van der Waals surface area contributed by atoms with Crippen molar-refractivity contribution in [2.24, 2.45) is 5.73 Å². The highest BCUT2D eigenvalue weighted by molar-refractivity contribution is 9.10. The summed E-state index contributed by atoms with van der Waals surface area (Å²) in [5.41, 5.74) is 7.41. The predicted molar refractivity (Wildman–Crippen MR) is 142 cm³/mol. The summed E-state index contributed by atoms with van der Waals surface area (Å²) in [5, 5.41) is 14.8. The Morgan fingerprint density at radius 2 is 1.62 bits per heavy atom. The summed E-state index contributed by atoms with van der Waals surface area (Å²) < 4.78 is 14.1. The van der Waals surface area contributed by atoms with E-state index in [1.165, 1.54) is 18.2 Å². The number of nitro benzene ring substituents is 1. The van der Waals surface area contributed by atoms with Crippen molar-refractivity contribution in [3.63, 3.8) is 0 Å². The molecule has 1 atom stereocenters. The molecule has 1 fully saturated rings. The summed E-state index contributed by atoms with van der Waals surface area (Å²) in [5.74, 6) is -1.38. The van der Waals surface area contributed by atoms with Crippen LogP contribution in [0.4, 0.5) is 21.5 Å². The van der Waals surface area contributed by atoms with Crippen LogP contribution >= 0.6 is 15.9 Å². The van der Waals surface area contributed by atoms with Crippen LogP contribution in [0.15, 0.2) is 71.2 Å². The van der Waals surface area contributed by atoms with Gasteiger partial charge in [-0.25, -0.2) is 4.39 Å². The zero-order valence-corrected chi connectivity index (χ0v) is 21.4. The Kier molecular flexibility index (Phi) is 8.02. The number of nitro groups is 1. The summed E-state index contributed by atoms with van der Waals surface area (Å²) in [6, 6.07) is 16.8. The molecule has 37 heavy (non-hydrogen) atoms. The van der Waals surface area contributed by atoms with Crippen molar-refractivity contribution in [1.82, 2.24) is 5.32 Å². The van der Waals surface area contributed by atoms with Crippen LogP contribution in [0.1, 0.15) is 28.4 Å². The van der Waals surface area contributed by atoms with Crippen molar-refractivity contribution >= 4 is 44.8 Å². The average Bonchev–Trinajstić information content (AvgIpc) is 2.88. The number of nitrogens with one attached hydrogen (secondary N) is 1. The van der Waals surface area contributed by atoms with Crippen LogP contribution in [0.25, 0.3) is 0 Å². The molecular formula is C26H25BrFN5O4. The first-order valence-corrected chi connectivity index (χ1v) is 12.4. The fourth-order valence-corrected chi connectivity index (χ4v) is 4.59. The molecule has 1 saturated heterocycles. The molecule has 0 bridgehead atoms. The number of piperazine rings is 1. The van der Waals surface area contributed by atoms with E-state index in [9.17, 15) is 24.1 Å². The number of halogens is 2. The standard InChI is InChI=1S/C26H25BrFN5O4/c27-19-4-1-17(2-5-19)26(35)30-22(16-25(29)34)18-3-10-23(24(15-18)33(36)37)32-13-11-31(12-14-32)21-8-6-20(28)7-9-21/h1-10,15,22H,11-14,16H2,(H2,29,34)(H,30,35). The van der Waals surface area contributed by atoms with Crippen molar-refractivity contribution < 1.29 is 18.9 Å². The van der Waals surface area contributed by atoms with Crippen molar-refractivity contribution in [2.75, 3.05) is 36.0 Å². The third-order valence-electron chi connectivity index (χ3n) is 6.23. The van der Waals surface area contributed by atoms with Crippen molar-refractivity contribution in [3.8, 4) is 0 Å². The van der Waals surface area contributed by atoms with Gasteiger partial charge in [0.25, 0.3) is 11.6 Å². The summed E-state index contributed by atoms with van der Waals surface area (Å²) >= 11 is 3.32. The molecule has 3 N–H and O–H groups in total. The van der Waals surface area contributed by atoms with Gasteiger partial charge in [-0.3, -0.25) is 19.7 Å². The summed E-state index contributed by atoms with van der Waals surface area (Å²) in [6.07, 6.45) is -0.213. The molecule has 0 spiro atoms. The Hall–Kier alpha value is -3.99. The number of carbonyl (C=O) groups is 2. The van der Waals surface area contributed by atoms with Gasteiger partial charge in [0.2, 0.25) is 5.91 Å². The molecule has 2 amide bonds. The molecule has 0 aromatic heterocycles. The zero-order valence-electron chi connectivity index (χ0n) is 19.8. The van der Waals surface area contributed by atoms with Crippen molar-refractivity contribution in [3.05, 3.63) is 98.3 Å². The Bertz CT molecular complexity index is 1300. The van der Waals surface area contributed by atoms with Crippen LogP contribution < -0.4 is 20.9 Å². The van der Waals surface area contributed by atoms with Crippen LogP contribution in [-0.4, -0.2) is 42.9 Å². The van der Waals surface area contributed by atoms with E-state index in [0.717, 1.165) is 10.2 Å². The van der Waals surface area contributed by atoms with Gasteiger partial charge in [-0.05, 0) is 60.2 Å². The number of nitrogens with two attached hydrogens (primary N) is 1. The Morgan fingerprint density at radius 1 is 1.00 bits per heavy atom. The van der Waals surface area contributed by atoms with E-state index < -0.39 is 22.8 Å². The van der Waals surface area contributed by atoms with E-state index in [1.807, 2.05) is 4.90 Å². The molecule has 1 heterocycles. The fraction of sp³-hybridized carbons (Fsp3) is 0.231. The number of nitrogens with zero attached hydrogens (tertiary/aromatic N) is 3. The number of carbonyl (C=O) groups excluding carboxylic acids is 2. The lowest BCUT2D eigenvalue weighted by atomic mass is 10.0. The van der Waals surface area contributed by atoms with Gasteiger partial charge in [0.1, 0.15) is 11.5 Å². The minimum Gasteiger partial charge on any atom is -0.370 e. The quantitative estimate of drug-likeness (QED) is 0.310. The second-order valence-electron chi connectivity index (χ2n) is 8.66. The van der Waals surface area contributed by atoms with Crippen molar-refractivity contribution in [1.29, 1.82) is 0 Å². The highest BCUT2D eigenvalue weighted by Crippen LogP contribution is 2.33. The normalized spacial score (nSPS) is 14.2. The third-order valence-corrected chi connectivity index (χ3v) is 6.76. The van der Waals surface area contributed by atoms with E-state index in [0.29, 0.717) is 43.0 Å². The van der Waals surface area contributed by atoms with Gasteiger partial charge in [0.05, 0.1) is 17.4 Å². The first-order chi connectivity index (χ1) is 17.7. The van der Waals surface area contributed by atoms with Gasteiger partial charge in [-0.15, -0.1) is 0 Å². The number of benzene rings is 3. The van der Waals surface area contributed by atoms with Gasteiger partial charge in [0, 0.05) is 48.0 Å². The van der Waals surface area contributed by atoms with Gasteiger partial charge < -0.3 is 20.9 Å². The van der Waals surface area contributed by atoms with Crippen LogP contribution in [0.3, 0.4) is 0 Å². The second-order valence-corrected chi connectivity index (χ2v) is 9.57. The van der Waals surface area contributed by atoms with Gasteiger partial charge in [-0.2, -0.15) is 0 Å². The first kappa shape index (κ1) is 26.1. The largest absolute Gasteiger partial charge is 0.370 e. The molecule has 9 nitrogen and oxygen atoms in total. The predicted octanol–water partition coefficient (Wildman–Crippen LogP) is 4.17. The maximum Gasteiger partial charge on any atom is 0.292 e. The number of hydrogen-bond donors (Lipinski definition) is 2.